The van der Waals surface area contributed by atoms with E-state index in [1.54, 1.807) is 55.5 Å². The lowest BCUT2D eigenvalue weighted by molar-refractivity contribution is -0.119. The average molecular weight is 524 g/mol. The summed E-state index contributed by atoms with van der Waals surface area (Å²) in [6, 6.07) is 18.4. The standard InChI is InChI=1S/C27H29N3O6S/c1-4-34-23-10-8-22(9-11-23)30(37(32,33)24-12-5-19(2)6-13-24)18-27(31)29-28-20(3)21-7-14-25-26(17-21)36-16-15-35-25/h5-14,17H,4,15-16,18H2,1-3H3,(H,29,31)/b28-20-. The van der Waals surface area contributed by atoms with Crippen molar-refractivity contribution in [3.63, 3.8) is 0 Å². The zero-order valence-electron chi connectivity index (χ0n) is 20.9. The minimum Gasteiger partial charge on any atom is -0.494 e. The van der Waals surface area contributed by atoms with Gasteiger partial charge >= 0.3 is 0 Å². The number of carbonyl (C=O) groups excluding carboxylic acids is 1. The summed E-state index contributed by atoms with van der Waals surface area (Å²) in [6.07, 6.45) is 0. The Morgan fingerprint density at radius 1 is 1.00 bits per heavy atom. The molecule has 0 saturated carbocycles. The van der Waals surface area contributed by atoms with E-state index in [4.69, 9.17) is 14.2 Å². The molecular formula is C27H29N3O6S. The number of hydrogen-bond donors (Lipinski definition) is 1. The molecule has 0 fully saturated rings. The first-order valence-electron chi connectivity index (χ1n) is 11.8. The number of hydrazone groups is 1. The Balaban J connectivity index is 1.56. The van der Waals surface area contributed by atoms with Gasteiger partial charge in [-0.3, -0.25) is 9.10 Å². The molecular weight excluding hydrogens is 494 g/mol. The number of anilines is 1. The van der Waals surface area contributed by atoms with E-state index < -0.39 is 22.5 Å². The van der Waals surface area contributed by atoms with Crippen molar-refractivity contribution in [1.29, 1.82) is 0 Å². The summed E-state index contributed by atoms with van der Waals surface area (Å²) in [5.41, 5.74) is 4.99. The lowest BCUT2D eigenvalue weighted by Gasteiger charge is -2.24. The Morgan fingerprint density at radius 2 is 1.68 bits per heavy atom. The number of ether oxygens (including phenoxy) is 3. The topological polar surface area (TPSA) is 107 Å². The van der Waals surface area contributed by atoms with Gasteiger partial charge in [-0.25, -0.2) is 13.8 Å². The number of hydrogen-bond acceptors (Lipinski definition) is 7. The van der Waals surface area contributed by atoms with Gasteiger partial charge < -0.3 is 14.2 Å². The van der Waals surface area contributed by atoms with Gasteiger partial charge in [0, 0.05) is 5.56 Å². The molecule has 1 N–H and O–H groups in total. The van der Waals surface area contributed by atoms with Gasteiger partial charge in [-0.1, -0.05) is 17.7 Å². The second-order valence-corrected chi connectivity index (χ2v) is 10.2. The predicted molar refractivity (Wildman–Crippen MR) is 141 cm³/mol. The average Bonchev–Trinajstić information content (AvgIpc) is 2.91. The van der Waals surface area contributed by atoms with Crippen LogP contribution in [-0.2, 0) is 14.8 Å². The summed E-state index contributed by atoms with van der Waals surface area (Å²) >= 11 is 0. The molecule has 10 heteroatoms. The molecule has 1 heterocycles. The van der Waals surface area contributed by atoms with Gasteiger partial charge in [0.05, 0.1) is 22.9 Å². The van der Waals surface area contributed by atoms with Crippen LogP contribution in [0, 0.1) is 6.92 Å². The molecule has 0 aliphatic carbocycles. The van der Waals surface area contributed by atoms with E-state index in [1.807, 2.05) is 19.9 Å². The molecule has 0 spiro atoms. The van der Waals surface area contributed by atoms with Crippen molar-refractivity contribution >= 4 is 27.3 Å². The number of amides is 1. The van der Waals surface area contributed by atoms with E-state index in [9.17, 15) is 13.2 Å². The van der Waals surface area contributed by atoms with Crippen LogP contribution >= 0.6 is 0 Å². The number of rotatable bonds is 9. The molecule has 1 aliphatic rings. The van der Waals surface area contributed by atoms with Crippen LogP contribution in [-0.4, -0.2) is 46.4 Å². The smallest absolute Gasteiger partial charge is 0.264 e. The van der Waals surface area contributed by atoms with E-state index in [2.05, 4.69) is 10.5 Å². The minimum atomic E-state index is -4.04. The van der Waals surface area contributed by atoms with Crippen molar-refractivity contribution in [3.05, 3.63) is 77.9 Å². The lowest BCUT2D eigenvalue weighted by Crippen LogP contribution is -2.39. The van der Waals surface area contributed by atoms with Gasteiger partial charge in [0.2, 0.25) is 0 Å². The number of aryl methyl sites for hydroxylation is 1. The predicted octanol–water partition coefficient (Wildman–Crippen LogP) is 3.90. The fraction of sp³-hybridized carbons (Fsp3) is 0.259. The van der Waals surface area contributed by atoms with Crippen molar-refractivity contribution < 1.29 is 27.4 Å². The van der Waals surface area contributed by atoms with Crippen LogP contribution in [0.2, 0.25) is 0 Å². The third-order valence-corrected chi connectivity index (χ3v) is 7.43. The zero-order valence-corrected chi connectivity index (χ0v) is 21.7. The first-order chi connectivity index (χ1) is 17.8. The Morgan fingerprint density at radius 3 is 2.35 bits per heavy atom. The maximum atomic E-state index is 13.5. The molecule has 3 aromatic rings. The molecule has 194 valence electrons. The van der Waals surface area contributed by atoms with Crippen LogP contribution in [0.5, 0.6) is 17.2 Å². The molecule has 0 aromatic heterocycles. The second-order valence-electron chi connectivity index (χ2n) is 8.34. The van der Waals surface area contributed by atoms with Gasteiger partial charge in [0.25, 0.3) is 15.9 Å². The number of benzene rings is 3. The Labute approximate surface area is 216 Å². The summed E-state index contributed by atoms with van der Waals surface area (Å²) < 4.78 is 44.7. The van der Waals surface area contributed by atoms with E-state index in [0.717, 1.165) is 15.4 Å². The fourth-order valence-corrected chi connectivity index (χ4v) is 5.09. The maximum Gasteiger partial charge on any atom is 0.264 e. The minimum absolute atomic E-state index is 0.0794. The molecule has 3 aromatic carbocycles. The van der Waals surface area contributed by atoms with Gasteiger partial charge in [-0.15, -0.1) is 0 Å². The van der Waals surface area contributed by atoms with E-state index in [-0.39, 0.29) is 4.90 Å². The normalized spacial score (nSPS) is 13.1. The molecule has 0 unspecified atom stereocenters. The highest BCUT2D eigenvalue weighted by molar-refractivity contribution is 7.92. The number of fused-ring (bicyclic) bond motifs is 1. The fourth-order valence-electron chi connectivity index (χ4n) is 3.67. The third-order valence-electron chi connectivity index (χ3n) is 5.64. The van der Waals surface area contributed by atoms with Crippen molar-refractivity contribution in [2.75, 3.05) is 30.7 Å². The maximum absolute atomic E-state index is 13.5. The Bertz CT molecular complexity index is 1390. The van der Waals surface area contributed by atoms with Gasteiger partial charge in [0.1, 0.15) is 25.5 Å². The van der Waals surface area contributed by atoms with Crippen molar-refractivity contribution in [3.8, 4) is 17.2 Å². The Hall–Kier alpha value is -4.05. The third kappa shape index (κ3) is 6.21. The molecule has 1 amide bonds. The molecule has 4 rings (SSSR count). The molecule has 9 nitrogen and oxygen atoms in total. The van der Waals surface area contributed by atoms with Crippen LogP contribution in [0.1, 0.15) is 25.0 Å². The first kappa shape index (κ1) is 26.0. The van der Waals surface area contributed by atoms with Crippen LogP contribution in [0.3, 0.4) is 0 Å². The highest BCUT2D eigenvalue weighted by atomic mass is 32.2. The molecule has 0 atom stereocenters. The van der Waals surface area contributed by atoms with E-state index in [0.29, 0.717) is 48.5 Å². The molecule has 0 bridgehead atoms. The monoisotopic (exact) mass is 523 g/mol. The number of carbonyl (C=O) groups is 1. The van der Waals surface area contributed by atoms with Crippen LogP contribution in [0.25, 0.3) is 0 Å². The summed E-state index contributed by atoms with van der Waals surface area (Å²) in [5.74, 6) is 1.26. The Kier molecular flexibility index (Phi) is 7.98. The molecule has 1 aliphatic heterocycles. The van der Waals surface area contributed by atoms with Crippen LogP contribution < -0.4 is 23.9 Å². The molecule has 0 saturated heterocycles. The summed E-state index contributed by atoms with van der Waals surface area (Å²) in [7, 11) is -4.04. The molecule has 37 heavy (non-hydrogen) atoms. The van der Waals surface area contributed by atoms with E-state index >= 15 is 0 Å². The highest BCUT2D eigenvalue weighted by Gasteiger charge is 2.27. The van der Waals surface area contributed by atoms with Gasteiger partial charge in [-0.2, -0.15) is 5.10 Å². The quantitative estimate of drug-likeness (QED) is 0.337. The van der Waals surface area contributed by atoms with Crippen LogP contribution in [0.4, 0.5) is 5.69 Å². The first-order valence-corrected chi connectivity index (χ1v) is 13.3. The zero-order chi connectivity index (χ0) is 26.4. The SMILES string of the molecule is CCOc1ccc(N(CC(=O)N/N=C(/C)c2ccc3c(c2)OCCO3)S(=O)(=O)c2ccc(C)cc2)cc1. The number of nitrogens with zero attached hydrogens (tertiary/aromatic N) is 2. The highest BCUT2D eigenvalue weighted by Crippen LogP contribution is 2.31. The van der Waals surface area contributed by atoms with Crippen molar-refractivity contribution in [2.45, 2.75) is 25.7 Å². The number of nitrogens with one attached hydrogen (secondary N) is 1. The summed E-state index contributed by atoms with van der Waals surface area (Å²) in [5, 5.41) is 4.17. The van der Waals surface area contributed by atoms with Crippen LogP contribution in [0.15, 0.2) is 76.7 Å². The molecule has 0 radical (unpaired) electrons. The van der Waals surface area contributed by atoms with Crippen molar-refractivity contribution in [2.24, 2.45) is 5.10 Å². The van der Waals surface area contributed by atoms with Gasteiger partial charge in [-0.05, 0) is 75.4 Å². The largest absolute Gasteiger partial charge is 0.494 e. The van der Waals surface area contributed by atoms with E-state index in [1.165, 1.54) is 12.1 Å². The number of sulfonamides is 1. The summed E-state index contributed by atoms with van der Waals surface area (Å²) in [4.78, 5) is 13.0. The van der Waals surface area contributed by atoms with Gasteiger partial charge in [0.15, 0.2) is 11.5 Å². The lowest BCUT2D eigenvalue weighted by atomic mass is 10.1. The van der Waals surface area contributed by atoms with Crippen molar-refractivity contribution in [1.82, 2.24) is 5.43 Å². The second kappa shape index (κ2) is 11.3. The summed E-state index contributed by atoms with van der Waals surface area (Å²) in [6.45, 7) is 6.43.